The molecule has 5 heteroatoms. The Morgan fingerprint density at radius 3 is 2.53 bits per heavy atom. The Hall–Kier alpha value is -1.20. The summed E-state index contributed by atoms with van der Waals surface area (Å²) in [6.07, 6.45) is 4.50. The fourth-order valence-electron chi connectivity index (χ4n) is 0.906. The van der Waals surface area contributed by atoms with Gasteiger partial charge in [-0.15, -0.1) is 0 Å². The van der Waals surface area contributed by atoms with E-state index in [1.54, 1.807) is 19.1 Å². The van der Waals surface area contributed by atoms with E-state index < -0.39 is 17.6 Å². The van der Waals surface area contributed by atoms with Crippen LogP contribution in [0.25, 0.3) is 0 Å². The SMILES string of the molecule is CC(=N)C/C=C\CC(N)[C@](C)(N)C(=O)O. The molecule has 1 unspecified atom stereocenters. The van der Waals surface area contributed by atoms with E-state index >= 15 is 0 Å². The Morgan fingerprint density at radius 2 is 2.13 bits per heavy atom. The van der Waals surface area contributed by atoms with E-state index in [2.05, 4.69) is 0 Å². The Balaban J connectivity index is 4.14. The topological polar surface area (TPSA) is 113 Å². The van der Waals surface area contributed by atoms with Gasteiger partial charge in [-0.3, -0.25) is 4.79 Å². The van der Waals surface area contributed by atoms with Crippen molar-refractivity contribution in [1.82, 2.24) is 0 Å². The van der Waals surface area contributed by atoms with Crippen LogP contribution in [0.1, 0.15) is 26.7 Å². The molecule has 0 radical (unpaired) electrons. The Kier molecular flexibility index (Phi) is 5.18. The molecule has 0 aliphatic heterocycles. The number of allylic oxidation sites excluding steroid dienone is 1. The zero-order chi connectivity index (χ0) is 12.1. The minimum atomic E-state index is -1.41. The van der Waals surface area contributed by atoms with Crippen molar-refractivity contribution < 1.29 is 9.90 Å². The van der Waals surface area contributed by atoms with Gasteiger partial charge in [0.1, 0.15) is 5.54 Å². The fourth-order valence-corrected chi connectivity index (χ4v) is 0.906. The molecule has 2 atom stereocenters. The fraction of sp³-hybridized carbons (Fsp3) is 0.600. The zero-order valence-corrected chi connectivity index (χ0v) is 9.16. The van der Waals surface area contributed by atoms with Crippen LogP contribution in [-0.4, -0.2) is 28.4 Å². The highest BCUT2D eigenvalue weighted by atomic mass is 16.4. The smallest absolute Gasteiger partial charge is 0.325 e. The number of hydrogen-bond donors (Lipinski definition) is 4. The van der Waals surface area contributed by atoms with E-state index in [0.717, 1.165) is 0 Å². The summed E-state index contributed by atoms with van der Waals surface area (Å²) in [7, 11) is 0. The molecule has 0 aromatic rings. The van der Waals surface area contributed by atoms with E-state index in [0.29, 0.717) is 18.6 Å². The molecule has 0 amide bonds. The van der Waals surface area contributed by atoms with E-state index in [9.17, 15) is 4.79 Å². The largest absolute Gasteiger partial charge is 0.480 e. The number of nitrogens with two attached hydrogens (primary N) is 2. The second kappa shape index (κ2) is 5.63. The van der Waals surface area contributed by atoms with Gasteiger partial charge in [-0.2, -0.15) is 0 Å². The molecular formula is C10H19N3O2. The first-order valence-electron chi connectivity index (χ1n) is 4.75. The van der Waals surface area contributed by atoms with Crippen molar-refractivity contribution in [3.05, 3.63) is 12.2 Å². The van der Waals surface area contributed by atoms with Crippen LogP contribution in [0.15, 0.2) is 12.2 Å². The molecule has 6 N–H and O–H groups in total. The van der Waals surface area contributed by atoms with E-state index in [-0.39, 0.29) is 0 Å². The van der Waals surface area contributed by atoms with Crippen molar-refractivity contribution in [1.29, 1.82) is 5.41 Å². The van der Waals surface area contributed by atoms with Gasteiger partial charge in [0.15, 0.2) is 0 Å². The van der Waals surface area contributed by atoms with Gasteiger partial charge in [0.05, 0.1) is 0 Å². The second-order valence-corrected chi connectivity index (χ2v) is 3.89. The van der Waals surface area contributed by atoms with Gasteiger partial charge in [-0.25, -0.2) is 0 Å². The molecule has 0 aliphatic rings. The van der Waals surface area contributed by atoms with Crippen LogP contribution in [-0.2, 0) is 4.79 Å². The summed E-state index contributed by atoms with van der Waals surface area (Å²) in [4.78, 5) is 10.7. The Labute approximate surface area is 89.7 Å². The van der Waals surface area contributed by atoms with Crippen molar-refractivity contribution in [3.63, 3.8) is 0 Å². The first kappa shape index (κ1) is 13.8. The normalized spacial score (nSPS) is 17.3. The molecule has 0 aliphatic carbocycles. The number of nitrogens with one attached hydrogen (secondary N) is 1. The highest BCUT2D eigenvalue weighted by molar-refractivity contribution is 5.80. The molecular weight excluding hydrogens is 194 g/mol. The number of carboxylic acid groups (broad SMARTS) is 1. The number of hydrogen-bond acceptors (Lipinski definition) is 4. The molecule has 0 saturated heterocycles. The van der Waals surface area contributed by atoms with Gasteiger partial charge in [0.2, 0.25) is 0 Å². The van der Waals surface area contributed by atoms with Gasteiger partial charge in [0, 0.05) is 18.2 Å². The van der Waals surface area contributed by atoms with Crippen LogP contribution in [0, 0.1) is 5.41 Å². The van der Waals surface area contributed by atoms with Crippen LogP contribution < -0.4 is 11.5 Å². The Bertz CT molecular complexity index is 272. The van der Waals surface area contributed by atoms with Crippen LogP contribution in [0.4, 0.5) is 0 Å². The number of aliphatic carboxylic acids is 1. The second-order valence-electron chi connectivity index (χ2n) is 3.89. The van der Waals surface area contributed by atoms with Crippen LogP contribution in [0.2, 0.25) is 0 Å². The average Bonchev–Trinajstić information content (AvgIpc) is 2.11. The third kappa shape index (κ3) is 4.71. The first-order chi connectivity index (χ1) is 6.78. The maximum absolute atomic E-state index is 10.7. The van der Waals surface area contributed by atoms with Gasteiger partial charge in [-0.1, -0.05) is 12.2 Å². The van der Waals surface area contributed by atoms with Gasteiger partial charge >= 0.3 is 5.97 Å². The minimum Gasteiger partial charge on any atom is -0.480 e. The lowest BCUT2D eigenvalue weighted by Gasteiger charge is -2.25. The highest BCUT2D eigenvalue weighted by Gasteiger charge is 2.34. The molecule has 0 spiro atoms. The third-order valence-electron chi connectivity index (χ3n) is 2.21. The van der Waals surface area contributed by atoms with Crippen LogP contribution in [0.3, 0.4) is 0 Å². The first-order valence-corrected chi connectivity index (χ1v) is 4.75. The van der Waals surface area contributed by atoms with Gasteiger partial charge < -0.3 is 22.0 Å². The van der Waals surface area contributed by atoms with Crippen molar-refractivity contribution >= 4 is 11.7 Å². The van der Waals surface area contributed by atoms with E-state index in [4.69, 9.17) is 22.0 Å². The number of carbonyl (C=O) groups is 1. The molecule has 0 bridgehead atoms. The summed E-state index contributed by atoms with van der Waals surface area (Å²) in [5.41, 5.74) is 10.3. The predicted octanol–water partition coefficient (Wildman–Crippen LogP) is 0.492. The molecule has 15 heavy (non-hydrogen) atoms. The standard InChI is InChI=1S/C10H19N3O2/c1-7(11)5-3-4-6-8(12)10(2,13)9(14)15/h3-4,8,11H,5-6,12-13H2,1-2H3,(H,14,15)/b4-3-,11-7?/t8?,10-/m0/s1. The predicted molar refractivity (Wildman–Crippen MR) is 60.0 cm³/mol. The number of carboxylic acids is 1. The summed E-state index contributed by atoms with van der Waals surface area (Å²) in [6.45, 7) is 3.10. The molecule has 0 saturated carbocycles. The Morgan fingerprint density at radius 1 is 1.60 bits per heavy atom. The van der Waals surface area contributed by atoms with E-state index in [1.165, 1.54) is 6.92 Å². The summed E-state index contributed by atoms with van der Waals surface area (Å²) in [5, 5.41) is 16.0. The maximum Gasteiger partial charge on any atom is 0.325 e. The molecule has 0 heterocycles. The van der Waals surface area contributed by atoms with Crippen molar-refractivity contribution in [2.45, 2.75) is 38.3 Å². The van der Waals surface area contributed by atoms with E-state index in [1.807, 2.05) is 0 Å². The molecule has 0 fully saturated rings. The maximum atomic E-state index is 10.7. The van der Waals surface area contributed by atoms with Crippen LogP contribution >= 0.6 is 0 Å². The van der Waals surface area contributed by atoms with Gasteiger partial charge in [-0.05, 0) is 20.3 Å². The zero-order valence-electron chi connectivity index (χ0n) is 9.16. The summed E-state index contributed by atoms with van der Waals surface area (Å²) in [5.74, 6) is -1.10. The lowest BCUT2D eigenvalue weighted by atomic mass is 9.91. The summed E-state index contributed by atoms with van der Waals surface area (Å²) >= 11 is 0. The summed E-state index contributed by atoms with van der Waals surface area (Å²) < 4.78 is 0. The minimum absolute atomic E-state index is 0.395. The molecule has 0 aromatic heterocycles. The summed E-state index contributed by atoms with van der Waals surface area (Å²) in [6, 6.07) is -0.628. The van der Waals surface area contributed by atoms with Crippen LogP contribution in [0.5, 0.6) is 0 Å². The average molecular weight is 213 g/mol. The lowest BCUT2D eigenvalue weighted by molar-refractivity contribution is -0.143. The molecule has 5 nitrogen and oxygen atoms in total. The monoisotopic (exact) mass is 213 g/mol. The molecule has 0 rings (SSSR count). The third-order valence-corrected chi connectivity index (χ3v) is 2.21. The van der Waals surface area contributed by atoms with Crippen molar-refractivity contribution in [2.75, 3.05) is 0 Å². The quantitative estimate of drug-likeness (QED) is 0.380. The van der Waals surface area contributed by atoms with Crippen molar-refractivity contribution in [3.8, 4) is 0 Å². The van der Waals surface area contributed by atoms with Gasteiger partial charge in [0.25, 0.3) is 0 Å². The van der Waals surface area contributed by atoms with Crippen molar-refractivity contribution in [2.24, 2.45) is 11.5 Å². The number of rotatable bonds is 6. The highest BCUT2D eigenvalue weighted by Crippen LogP contribution is 2.08. The molecule has 0 aromatic carbocycles. The lowest BCUT2D eigenvalue weighted by Crippen LogP contribution is -2.58. The molecule has 86 valence electrons.